The lowest BCUT2D eigenvalue weighted by molar-refractivity contribution is -0.116. The number of aliphatic hydroxyl groups excluding tert-OH is 1. The average Bonchev–Trinajstić information content (AvgIpc) is 1.60. The van der Waals surface area contributed by atoms with Crippen LogP contribution in [0.5, 0.6) is 5.75 Å². The van der Waals surface area contributed by atoms with Gasteiger partial charge < -0.3 is 30.7 Å². The molecule has 104 heavy (non-hydrogen) atoms. The van der Waals surface area contributed by atoms with Gasteiger partial charge in [-0.3, -0.25) is 45.0 Å². The highest BCUT2D eigenvalue weighted by molar-refractivity contribution is 6.08. The molecule has 3 aliphatic heterocycles. The first-order valence-electron chi connectivity index (χ1n) is 33.0. The molecule has 12 aromatic rings. The number of hydrogen-bond acceptors (Lipinski definition) is 14. The molecule has 0 radical (unpaired) electrons. The molecule has 0 bridgehead atoms. The summed E-state index contributed by atoms with van der Waals surface area (Å²) in [5, 5.41) is 48.8. The minimum atomic E-state index is -0.532. The molecule has 8 N–H and O–H groups in total. The molecule has 8 aromatic carbocycles. The van der Waals surface area contributed by atoms with Gasteiger partial charge in [-0.2, -0.15) is 20.4 Å². The third-order valence-corrected chi connectivity index (χ3v) is 16.8. The number of methoxy groups -OCH3 is 1. The number of nitrogens with one attached hydrogen (secondary N) is 7. The van der Waals surface area contributed by atoms with E-state index < -0.39 is 17.8 Å². The highest BCUT2D eigenvalue weighted by atomic mass is 19.2. The maximum atomic E-state index is 14.5. The highest BCUT2D eigenvalue weighted by Gasteiger charge is 2.22. The second-order valence-corrected chi connectivity index (χ2v) is 24.3. The van der Waals surface area contributed by atoms with Crippen LogP contribution in [0.3, 0.4) is 0 Å². The van der Waals surface area contributed by atoms with Gasteiger partial charge in [-0.1, -0.05) is 72.8 Å². The van der Waals surface area contributed by atoms with E-state index in [0.717, 1.165) is 72.7 Å². The number of amidine groups is 3. The van der Waals surface area contributed by atoms with Crippen molar-refractivity contribution in [3.05, 3.63) is 254 Å². The summed E-state index contributed by atoms with van der Waals surface area (Å²) >= 11 is 0. The van der Waals surface area contributed by atoms with Crippen molar-refractivity contribution >= 4 is 121 Å². The maximum Gasteiger partial charge on any atom is 0.255 e. The molecule has 1 unspecified atom stereocenters. The van der Waals surface area contributed by atoms with Crippen LogP contribution in [0.4, 0.5) is 30.7 Å². The molecule has 0 aliphatic carbocycles. The van der Waals surface area contributed by atoms with Crippen molar-refractivity contribution in [3.8, 4) is 5.75 Å². The van der Waals surface area contributed by atoms with Gasteiger partial charge in [0.15, 0.2) is 17.5 Å². The van der Waals surface area contributed by atoms with E-state index in [2.05, 4.69) is 71.7 Å². The number of nitrogens with zero attached hydrogens (tertiary/aromatic N) is 8. The number of halogens is 7. The Morgan fingerprint density at radius 2 is 0.962 bits per heavy atom. The topological polar surface area (TPSA) is 255 Å². The smallest absolute Gasteiger partial charge is 0.255 e. The van der Waals surface area contributed by atoms with Crippen molar-refractivity contribution in [2.75, 3.05) is 60.0 Å². The van der Waals surface area contributed by atoms with Crippen LogP contribution in [0.15, 0.2) is 161 Å². The van der Waals surface area contributed by atoms with Gasteiger partial charge in [0, 0.05) is 72.6 Å². The van der Waals surface area contributed by atoms with Crippen molar-refractivity contribution in [2.45, 2.75) is 25.9 Å². The second kappa shape index (κ2) is 32.8. The predicted octanol–water partition coefficient (Wildman–Crippen LogP) is 13.8. The zero-order valence-corrected chi connectivity index (χ0v) is 56.3. The lowest BCUT2D eigenvalue weighted by Crippen LogP contribution is -2.39. The standard InChI is InChI=1S/C20H18F2N4.C20H18FN3O3.C19H16F2N4O.C19H16F2N4/c1-26-10-2-9-23-20(26)14-11-16-18(24-25-19(16)17(22)12-14)8-5-13-3-6-15(21)7-4-13;1-12(25)11-22-20(26)15-8-10-17-18(19(15)27-2)16(23-24-17)9-5-13-3-6-14(21)7-4-13;20-13-4-1-11(2-5-13)3-6-17-15-7-12(8-16(21)18(15)25-24-17)19-22-9-14(26)10-23-19;20-14-5-2-12(3-6-14)4-7-17-15-10-13(19-22-8-1-9-23-19)11-16(21)18(15)25-24-17/h3-8,11-12H,2,9-10H2,1H3,(H,24,25);3-10H,11H2,1-2H3,(H,22,26)(H,23,24);1-8,14,26H,9-10H2,(H,22,23)(H,24,25);2-7,10-11H,1,8-9H2,(H,22,23)(H,24,25)/b8-5+;9-5+;6-3+;7-4+. The van der Waals surface area contributed by atoms with E-state index >= 15 is 0 Å². The van der Waals surface area contributed by atoms with Crippen LogP contribution in [-0.4, -0.2) is 146 Å². The molecule has 3 aliphatic rings. The molecule has 0 saturated heterocycles. The van der Waals surface area contributed by atoms with E-state index in [1.54, 1.807) is 91.0 Å². The van der Waals surface area contributed by atoms with E-state index in [-0.39, 0.29) is 59.3 Å². The Labute approximate surface area is 590 Å². The summed E-state index contributed by atoms with van der Waals surface area (Å²) in [7, 11) is 3.43. The molecule has 7 heterocycles. The van der Waals surface area contributed by atoms with Gasteiger partial charge in [-0.25, -0.2) is 30.7 Å². The number of β-amino-alcohol motifs (C(OH)–C–C–N with tert-alkyl or cyclic N) is 1. The van der Waals surface area contributed by atoms with Crippen LogP contribution >= 0.6 is 0 Å². The Bertz CT molecular complexity index is 5330. The number of aliphatic hydroxyl groups is 1. The van der Waals surface area contributed by atoms with Crippen molar-refractivity contribution < 1.29 is 50.2 Å². The maximum absolute atomic E-state index is 14.5. The first-order valence-corrected chi connectivity index (χ1v) is 33.0. The third kappa shape index (κ3) is 17.4. The minimum Gasteiger partial charge on any atom is -0.495 e. The SMILES string of the molecule is CN1CCCN=C1c1cc(F)c2n[nH]c(/C=C/c3ccc(F)cc3)c2c1.COc1c(C(=O)NCC(C)=O)ccc2n[nH]c(/C=C/c3ccc(F)cc3)c12.Fc1ccc(/C=C/c2[nH]nc3c(F)cc(C4=NCCCN4)cc23)cc1.OC1CN=C(c2cc(F)c3n[nH]c(/C=C/c4ccc(F)cc4)c3c2)NC1. The number of carbonyl (C=O) groups excluding carboxylic acids is 2. The first kappa shape index (κ1) is 71.3. The fraction of sp³-hybridized carbons (Fsp3) is 0.167. The van der Waals surface area contributed by atoms with Gasteiger partial charge in [0.1, 0.15) is 68.9 Å². The van der Waals surface area contributed by atoms with Gasteiger partial charge in [-0.05, 0) is 163 Å². The third-order valence-electron chi connectivity index (χ3n) is 16.8. The quantitative estimate of drug-likeness (QED) is 0.0448. The number of fused-ring (bicyclic) bond motifs is 4. The molecule has 15 rings (SSSR count). The number of Topliss-reactive ketones (excluding diaryl/α,β-unsaturated/α-hetero) is 1. The fourth-order valence-corrected chi connectivity index (χ4v) is 11.5. The Morgan fingerprint density at radius 1 is 0.529 bits per heavy atom. The lowest BCUT2D eigenvalue weighted by atomic mass is 10.1. The summed E-state index contributed by atoms with van der Waals surface area (Å²) in [6, 6.07) is 37.7. The van der Waals surface area contributed by atoms with Crippen LogP contribution in [0.1, 0.15) is 91.8 Å². The summed E-state index contributed by atoms with van der Waals surface area (Å²) in [4.78, 5) is 38.7. The van der Waals surface area contributed by atoms with Crippen LogP contribution in [0.25, 0.3) is 92.2 Å². The number of carbonyl (C=O) groups is 2. The molecule has 4 aromatic heterocycles. The fourth-order valence-electron chi connectivity index (χ4n) is 11.5. The number of aromatic amines is 4. The minimum absolute atomic E-state index is 0.0528. The zero-order chi connectivity index (χ0) is 72.8. The molecule has 26 heteroatoms. The molecule has 528 valence electrons. The number of aliphatic imine (C=N–C) groups is 3. The number of amides is 1. The van der Waals surface area contributed by atoms with Gasteiger partial charge in [0.25, 0.3) is 5.91 Å². The first-order chi connectivity index (χ1) is 50.4. The van der Waals surface area contributed by atoms with E-state index in [1.165, 1.54) is 80.8 Å². The summed E-state index contributed by atoms with van der Waals surface area (Å²) < 4.78 is 101. The molecule has 1 atom stereocenters. The van der Waals surface area contributed by atoms with Crippen molar-refractivity contribution in [1.29, 1.82) is 0 Å². The second-order valence-electron chi connectivity index (χ2n) is 24.3. The molecule has 0 fully saturated rings. The molecule has 19 nitrogen and oxygen atoms in total. The Morgan fingerprint density at radius 3 is 1.38 bits per heavy atom. The van der Waals surface area contributed by atoms with Crippen LogP contribution in [0, 0.1) is 40.7 Å². The summed E-state index contributed by atoms with van der Waals surface area (Å²) in [5.41, 5.74) is 9.83. The van der Waals surface area contributed by atoms with Crippen molar-refractivity contribution in [2.24, 2.45) is 15.0 Å². The largest absolute Gasteiger partial charge is 0.495 e. The number of ketones is 1. The summed E-state index contributed by atoms with van der Waals surface area (Å²) in [6.45, 7) is 5.24. The molecule has 0 saturated carbocycles. The predicted molar refractivity (Wildman–Crippen MR) is 393 cm³/mol. The van der Waals surface area contributed by atoms with Crippen molar-refractivity contribution in [1.82, 2.24) is 61.6 Å². The summed E-state index contributed by atoms with van der Waals surface area (Å²) in [6.07, 6.45) is 15.9. The average molecular weight is 1410 g/mol. The Kier molecular flexibility index (Phi) is 22.5. The molecule has 0 spiro atoms. The normalized spacial score (nSPS) is 14.5. The Balaban J connectivity index is 0.000000130. The van der Waals surface area contributed by atoms with E-state index in [0.29, 0.717) is 102 Å². The monoisotopic (exact) mass is 1410 g/mol. The van der Waals surface area contributed by atoms with E-state index in [9.17, 15) is 45.4 Å². The lowest BCUT2D eigenvalue weighted by Gasteiger charge is -2.25. The van der Waals surface area contributed by atoms with Crippen LogP contribution < -0.4 is 20.7 Å². The Hall–Kier alpha value is -12.6. The van der Waals surface area contributed by atoms with Gasteiger partial charge >= 0.3 is 0 Å². The molecular formula is C78H68F7N15O4. The number of benzene rings is 8. The van der Waals surface area contributed by atoms with Gasteiger partial charge in [0.2, 0.25) is 0 Å². The highest BCUT2D eigenvalue weighted by Crippen LogP contribution is 2.33. The molecule has 1 amide bonds. The van der Waals surface area contributed by atoms with Crippen molar-refractivity contribution in [3.63, 3.8) is 0 Å². The number of ether oxygens (including phenoxy) is 1. The van der Waals surface area contributed by atoms with Crippen LogP contribution in [0.2, 0.25) is 0 Å². The van der Waals surface area contributed by atoms with Gasteiger partial charge in [0.05, 0.1) is 65.5 Å². The summed E-state index contributed by atoms with van der Waals surface area (Å²) in [5.74, 6) is -0.514. The van der Waals surface area contributed by atoms with E-state index in [4.69, 9.17) is 4.74 Å². The van der Waals surface area contributed by atoms with Gasteiger partial charge in [-0.15, -0.1) is 0 Å². The molecular weight excluding hydrogens is 1340 g/mol. The number of aromatic nitrogens is 8. The number of rotatable bonds is 15. The van der Waals surface area contributed by atoms with E-state index in [1.807, 2.05) is 48.4 Å². The number of H-pyrrole nitrogens is 4. The number of hydrogen-bond donors (Lipinski definition) is 8. The zero-order valence-electron chi connectivity index (χ0n) is 56.3. The van der Waals surface area contributed by atoms with Crippen LogP contribution in [-0.2, 0) is 4.79 Å².